The molecule has 2 rings (SSSR count). The predicted octanol–water partition coefficient (Wildman–Crippen LogP) is 2.39. The molecule has 0 N–H and O–H groups in total. The van der Waals surface area contributed by atoms with Crippen LogP contribution in [0.2, 0.25) is 0 Å². The third kappa shape index (κ3) is 3.19. The molecule has 0 saturated carbocycles. The zero-order chi connectivity index (χ0) is 13.8. The van der Waals surface area contributed by atoms with Crippen LogP contribution in [0.4, 0.5) is 0 Å². The lowest BCUT2D eigenvalue weighted by atomic mass is 10.3. The van der Waals surface area contributed by atoms with E-state index in [1.807, 2.05) is 12.1 Å². The van der Waals surface area contributed by atoms with E-state index in [-0.39, 0.29) is 0 Å². The second-order valence-corrected chi connectivity index (χ2v) is 5.15. The minimum atomic E-state index is 0.586. The number of alkyl halides is 1. The van der Waals surface area contributed by atoms with E-state index < -0.39 is 0 Å². The first-order chi connectivity index (χ1) is 9.15. The normalized spacial score (nSPS) is 11.4. The number of rotatable bonds is 6. The van der Waals surface area contributed by atoms with Gasteiger partial charge < -0.3 is 14.2 Å². The Hall–Kier alpha value is -1.26. The molecule has 0 fully saturated rings. The van der Waals surface area contributed by atoms with Crippen molar-refractivity contribution < 1.29 is 4.74 Å². The molecule has 0 aliphatic carbocycles. The third-order valence-corrected chi connectivity index (χ3v) is 3.31. The smallest absolute Gasteiger partial charge is 0.121 e. The lowest BCUT2D eigenvalue weighted by Crippen LogP contribution is -2.19. The van der Waals surface area contributed by atoms with Crippen LogP contribution in [0.1, 0.15) is 5.82 Å². The van der Waals surface area contributed by atoms with Crippen molar-refractivity contribution in [2.45, 2.75) is 13.0 Å². The van der Waals surface area contributed by atoms with E-state index in [9.17, 15) is 0 Å². The molecule has 4 nitrogen and oxygen atoms in total. The zero-order valence-electron chi connectivity index (χ0n) is 11.7. The SMILES string of the molecule is COc1ccc2c(c1)nc(CCCl)n2CCN(C)C. The van der Waals surface area contributed by atoms with Crippen LogP contribution in [0.15, 0.2) is 18.2 Å². The molecule has 0 saturated heterocycles. The van der Waals surface area contributed by atoms with Gasteiger partial charge in [0, 0.05) is 31.5 Å². The standard InChI is InChI=1S/C14H20ClN3O/c1-17(2)8-9-18-13-5-4-11(19-3)10-12(13)16-14(18)6-7-15/h4-5,10H,6-9H2,1-3H3. The van der Waals surface area contributed by atoms with Crippen LogP contribution in [0, 0.1) is 0 Å². The fourth-order valence-corrected chi connectivity index (χ4v) is 2.28. The topological polar surface area (TPSA) is 30.3 Å². The van der Waals surface area contributed by atoms with Gasteiger partial charge in [-0.3, -0.25) is 0 Å². The highest BCUT2D eigenvalue weighted by atomic mass is 35.5. The van der Waals surface area contributed by atoms with Crippen molar-refractivity contribution in [1.82, 2.24) is 14.5 Å². The largest absolute Gasteiger partial charge is 0.497 e. The molecule has 0 amide bonds. The van der Waals surface area contributed by atoms with Crippen molar-refractivity contribution in [3.63, 3.8) is 0 Å². The second-order valence-electron chi connectivity index (χ2n) is 4.78. The van der Waals surface area contributed by atoms with Crippen LogP contribution in [0.3, 0.4) is 0 Å². The van der Waals surface area contributed by atoms with Gasteiger partial charge in [-0.15, -0.1) is 11.6 Å². The van der Waals surface area contributed by atoms with E-state index in [1.54, 1.807) is 7.11 Å². The summed E-state index contributed by atoms with van der Waals surface area (Å²) in [5.74, 6) is 2.46. The van der Waals surface area contributed by atoms with Gasteiger partial charge in [-0.2, -0.15) is 0 Å². The maximum atomic E-state index is 5.87. The Labute approximate surface area is 118 Å². The summed E-state index contributed by atoms with van der Waals surface area (Å²) < 4.78 is 7.49. The number of benzene rings is 1. The molecule has 5 heteroatoms. The summed E-state index contributed by atoms with van der Waals surface area (Å²) in [6.07, 6.45) is 0.784. The van der Waals surface area contributed by atoms with Crippen molar-refractivity contribution in [2.75, 3.05) is 33.6 Å². The number of halogens is 1. The molecule has 1 aromatic carbocycles. The highest BCUT2D eigenvalue weighted by Crippen LogP contribution is 2.22. The summed E-state index contributed by atoms with van der Waals surface area (Å²) in [6, 6.07) is 6.01. The Kier molecular flexibility index (Phi) is 4.66. The molecule has 1 heterocycles. The van der Waals surface area contributed by atoms with Crippen molar-refractivity contribution in [1.29, 1.82) is 0 Å². The van der Waals surface area contributed by atoms with Crippen molar-refractivity contribution in [3.05, 3.63) is 24.0 Å². The summed E-state index contributed by atoms with van der Waals surface area (Å²) in [6.45, 7) is 1.90. The van der Waals surface area contributed by atoms with E-state index >= 15 is 0 Å². The van der Waals surface area contributed by atoms with E-state index in [0.717, 1.165) is 42.1 Å². The van der Waals surface area contributed by atoms with Gasteiger partial charge in [-0.05, 0) is 26.2 Å². The monoisotopic (exact) mass is 281 g/mol. The number of methoxy groups -OCH3 is 1. The molecular weight excluding hydrogens is 262 g/mol. The summed E-state index contributed by atoms with van der Waals surface area (Å²) in [5, 5.41) is 0. The maximum Gasteiger partial charge on any atom is 0.121 e. The Morgan fingerprint density at radius 1 is 1.37 bits per heavy atom. The number of aryl methyl sites for hydroxylation is 1. The highest BCUT2D eigenvalue weighted by Gasteiger charge is 2.11. The molecule has 0 spiro atoms. The Bertz CT molecular complexity index is 551. The van der Waals surface area contributed by atoms with Gasteiger partial charge in [0.25, 0.3) is 0 Å². The van der Waals surface area contributed by atoms with E-state index in [2.05, 4.69) is 34.6 Å². The number of hydrogen-bond donors (Lipinski definition) is 0. The van der Waals surface area contributed by atoms with E-state index in [0.29, 0.717) is 5.88 Å². The highest BCUT2D eigenvalue weighted by molar-refractivity contribution is 6.17. The third-order valence-electron chi connectivity index (χ3n) is 3.12. The molecule has 0 atom stereocenters. The van der Waals surface area contributed by atoms with Gasteiger partial charge >= 0.3 is 0 Å². The average Bonchev–Trinajstić information content (AvgIpc) is 2.73. The quantitative estimate of drug-likeness (QED) is 0.762. The van der Waals surface area contributed by atoms with Gasteiger partial charge in [-0.1, -0.05) is 0 Å². The second kappa shape index (κ2) is 6.26. The van der Waals surface area contributed by atoms with Crippen LogP contribution in [0.5, 0.6) is 5.75 Å². The first kappa shape index (κ1) is 14.2. The maximum absolute atomic E-state index is 5.87. The van der Waals surface area contributed by atoms with Gasteiger partial charge in [0.05, 0.1) is 18.1 Å². The fraction of sp³-hybridized carbons (Fsp3) is 0.500. The first-order valence-electron chi connectivity index (χ1n) is 6.39. The van der Waals surface area contributed by atoms with Crippen LogP contribution in [0.25, 0.3) is 11.0 Å². The Morgan fingerprint density at radius 3 is 2.79 bits per heavy atom. The van der Waals surface area contributed by atoms with Crippen LogP contribution >= 0.6 is 11.6 Å². The lowest BCUT2D eigenvalue weighted by molar-refractivity contribution is 0.383. The van der Waals surface area contributed by atoms with Gasteiger partial charge in [0.1, 0.15) is 11.6 Å². The summed E-state index contributed by atoms with van der Waals surface area (Å²) in [7, 11) is 5.82. The molecule has 104 valence electrons. The van der Waals surface area contributed by atoms with Gasteiger partial charge in [-0.25, -0.2) is 4.98 Å². The summed E-state index contributed by atoms with van der Waals surface area (Å²) in [4.78, 5) is 6.84. The molecule has 1 aromatic heterocycles. The zero-order valence-corrected chi connectivity index (χ0v) is 12.4. The summed E-state index contributed by atoms with van der Waals surface area (Å²) >= 11 is 5.87. The number of nitrogens with zero attached hydrogens (tertiary/aromatic N) is 3. The van der Waals surface area contributed by atoms with Crippen LogP contribution in [-0.2, 0) is 13.0 Å². The molecular formula is C14H20ClN3O. The average molecular weight is 282 g/mol. The van der Waals surface area contributed by atoms with E-state index in [4.69, 9.17) is 16.3 Å². The molecule has 2 aromatic rings. The Morgan fingerprint density at radius 2 is 2.16 bits per heavy atom. The number of aromatic nitrogens is 2. The number of ether oxygens (including phenoxy) is 1. The fourth-order valence-electron chi connectivity index (χ4n) is 2.11. The number of hydrogen-bond acceptors (Lipinski definition) is 3. The predicted molar refractivity (Wildman–Crippen MR) is 79.3 cm³/mol. The number of likely N-dealkylation sites (N-methyl/N-ethyl adjacent to an activating group) is 1. The molecule has 0 unspecified atom stereocenters. The van der Waals surface area contributed by atoms with Crippen LogP contribution in [-0.4, -0.2) is 48.1 Å². The minimum absolute atomic E-state index is 0.586. The van der Waals surface area contributed by atoms with E-state index in [1.165, 1.54) is 0 Å². The number of imidazole rings is 1. The molecule has 0 aliphatic heterocycles. The minimum Gasteiger partial charge on any atom is -0.497 e. The van der Waals surface area contributed by atoms with Crippen molar-refractivity contribution in [2.24, 2.45) is 0 Å². The molecule has 19 heavy (non-hydrogen) atoms. The van der Waals surface area contributed by atoms with Gasteiger partial charge in [0.15, 0.2) is 0 Å². The molecule has 0 radical (unpaired) electrons. The van der Waals surface area contributed by atoms with Crippen molar-refractivity contribution in [3.8, 4) is 5.75 Å². The van der Waals surface area contributed by atoms with Gasteiger partial charge in [0.2, 0.25) is 0 Å². The van der Waals surface area contributed by atoms with Crippen LogP contribution < -0.4 is 4.74 Å². The summed E-state index contributed by atoms with van der Waals surface area (Å²) in [5.41, 5.74) is 2.11. The lowest BCUT2D eigenvalue weighted by Gasteiger charge is -2.13. The first-order valence-corrected chi connectivity index (χ1v) is 6.93. The number of fused-ring (bicyclic) bond motifs is 1. The van der Waals surface area contributed by atoms with Crippen molar-refractivity contribution >= 4 is 22.6 Å². The molecule has 0 aliphatic rings. The Balaban J connectivity index is 2.41. The molecule has 0 bridgehead atoms.